The van der Waals surface area contributed by atoms with Crippen molar-refractivity contribution in [2.45, 2.75) is 58.3 Å². The highest BCUT2D eigenvalue weighted by Crippen LogP contribution is 2.19. The molecule has 1 saturated heterocycles. The fourth-order valence-corrected chi connectivity index (χ4v) is 2.01. The first-order chi connectivity index (χ1) is 7.24. The lowest BCUT2D eigenvalue weighted by molar-refractivity contribution is -0.125. The molecule has 1 rings (SSSR count). The fourth-order valence-electron chi connectivity index (χ4n) is 2.01. The topological polar surface area (TPSA) is 46.2 Å². The second kappa shape index (κ2) is 6.59. The number of nitrogens with one attached hydrogen (secondary N) is 1. The van der Waals surface area contributed by atoms with E-state index in [2.05, 4.69) is 12.2 Å². The van der Waals surface area contributed by atoms with Crippen molar-refractivity contribution in [2.24, 2.45) is 5.92 Å². The maximum absolute atomic E-state index is 11.2. The summed E-state index contributed by atoms with van der Waals surface area (Å²) >= 11 is 0. The third kappa shape index (κ3) is 4.45. The van der Waals surface area contributed by atoms with E-state index in [-0.39, 0.29) is 17.7 Å². The summed E-state index contributed by atoms with van der Waals surface area (Å²) in [6, 6.07) is 0. The molecule has 1 unspecified atom stereocenters. The van der Waals surface area contributed by atoms with E-state index in [4.69, 9.17) is 0 Å². The third-order valence-electron chi connectivity index (χ3n) is 2.97. The standard InChI is InChI=1S/C12H21NO2/c1-2-3-4-5-6-7-8-10-9-11(14)13-12(10)15/h10H,2-9H2,1H3,(H,13,14,15). The average Bonchev–Trinajstić information content (AvgIpc) is 2.51. The van der Waals surface area contributed by atoms with Gasteiger partial charge in [0.2, 0.25) is 11.8 Å². The lowest BCUT2D eigenvalue weighted by Crippen LogP contribution is -2.21. The van der Waals surface area contributed by atoms with E-state index in [9.17, 15) is 9.59 Å². The number of amides is 2. The summed E-state index contributed by atoms with van der Waals surface area (Å²) in [6.07, 6.45) is 8.69. The molecule has 0 aliphatic carbocycles. The Labute approximate surface area is 91.6 Å². The minimum atomic E-state index is -0.101. The maximum atomic E-state index is 11.2. The Morgan fingerprint density at radius 3 is 2.40 bits per heavy atom. The average molecular weight is 211 g/mol. The number of hydrogen-bond acceptors (Lipinski definition) is 2. The van der Waals surface area contributed by atoms with E-state index >= 15 is 0 Å². The lowest BCUT2D eigenvalue weighted by Gasteiger charge is -2.04. The first-order valence-corrected chi connectivity index (χ1v) is 6.07. The normalized spacial score (nSPS) is 20.7. The van der Waals surface area contributed by atoms with Gasteiger partial charge in [-0.1, -0.05) is 45.4 Å². The molecule has 0 aromatic heterocycles. The third-order valence-corrected chi connectivity index (χ3v) is 2.97. The monoisotopic (exact) mass is 211 g/mol. The Morgan fingerprint density at radius 2 is 1.80 bits per heavy atom. The van der Waals surface area contributed by atoms with Crippen LogP contribution in [0.5, 0.6) is 0 Å². The molecule has 0 aromatic rings. The van der Waals surface area contributed by atoms with Crippen molar-refractivity contribution in [3.05, 3.63) is 0 Å². The van der Waals surface area contributed by atoms with Gasteiger partial charge in [-0.15, -0.1) is 0 Å². The van der Waals surface area contributed by atoms with Gasteiger partial charge in [-0.05, 0) is 6.42 Å². The summed E-state index contributed by atoms with van der Waals surface area (Å²) in [4.78, 5) is 22.1. The van der Waals surface area contributed by atoms with E-state index in [1.165, 1.54) is 32.1 Å². The van der Waals surface area contributed by atoms with E-state index in [1.54, 1.807) is 0 Å². The molecule has 1 aliphatic rings. The van der Waals surface area contributed by atoms with E-state index in [1.807, 2.05) is 0 Å². The predicted molar refractivity (Wildman–Crippen MR) is 59.2 cm³/mol. The van der Waals surface area contributed by atoms with Crippen LogP contribution >= 0.6 is 0 Å². The molecule has 0 aromatic carbocycles. The minimum Gasteiger partial charge on any atom is -0.296 e. The number of unbranched alkanes of at least 4 members (excludes halogenated alkanes) is 5. The number of carbonyl (C=O) groups is 2. The van der Waals surface area contributed by atoms with Crippen LogP contribution in [0.2, 0.25) is 0 Å². The highest BCUT2D eigenvalue weighted by molar-refractivity contribution is 6.03. The zero-order valence-electron chi connectivity index (χ0n) is 9.55. The second-order valence-electron chi connectivity index (χ2n) is 4.37. The van der Waals surface area contributed by atoms with Gasteiger partial charge in [-0.25, -0.2) is 0 Å². The van der Waals surface area contributed by atoms with Crippen LogP contribution in [0.1, 0.15) is 58.3 Å². The van der Waals surface area contributed by atoms with Crippen molar-refractivity contribution in [1.82, 2.24) is 5.32 Å². The van der Waals surface area contributed by atoms with Gasteiger partial charge in [0.25, 0.3) is 0 Å². The number of hydrogen-bond donors (Lipinski definition) is 1. The van der Waals surface area contributed by atoms with Crippen molar-refractivity contribution >= 4 is 11.8 Å². The Kier molecular flexibility index (Phi) is 5.37. The van der Waals surface area contributed by atoms with Crippen LogP contribution in [0.3, 0.4) is 0 Å². The van der Waals surface area contributed by atoms with Crippen LogP contribution in [0.4, 0.5) is 0 Å². The first kappa shape index (κ1) is 12.2. The number of imide groups is 1. The molecule has 0 bridgehead atoms. The zero-order valence-corrected chi connectivity index (χ0v) is 9.55. The molecule has 1 atom stereocenters. The zero-order chi connectivity index (χ0) is 11.1. The Bertz CT molecular complexity index is 226. The van der Waals surface area contributed by atoms with Crippen LogP contribution in [0.15, 0.2) is 0 Å². The molecule has 0 spiro atoms. The van der Waals surface area contributed by atoms with Gasteiger partial charge in [-0.2, -0.15) is 0 Å². The summed E-state index contributed by atoms with van der Waals surface area (Å²) in [6.45, 7) is 2.20. The van der Waals surface area contributed by atoms with Crippen LogP contribution in [-0.2, 0) is 9.59 Å². The van der Waals surface area contributed by atoms with Gasteiger partial charge in [0.15, 0.2) is 0 Å². The van der Waals surface area contributed by atoms with Crippen LogP contribution < -0.4 is 5.32 Å². The Balaban J connectivity index is 2.00. The summed E-state index contributed by atoms with van der Waals surface area (Å²) in [5, 5.41) is 2.35. The summed E-state index contributed by atoms with van der Waals surface area (Å²) < 4.78 is 0. The van der Waals surface area contributed by atoms with Crippen LogP contribution in [-0.4, -0.2) is 11.8 Å². The van der Waals surface area contributed by atoms with Gasteiger partial charge in [-0.3, -0.25) is 14.9 Å². The second-order valence-corrected chi connectivity index (χ2v) is 4.37. The summed E-state index contributed by atoms with van der Waals surface area (Å²) in [7, 11) is 0. The van der Waals surface area contributed by atoms with Gasteiger partial charge in [0, 0.05) is 12.3 Å². The Morgan fingerprint density at radius 1 is 1.13 bits per heavy atom. The maximum Gasteiger partial charge on any atom is 0.230 e. The SMILES string of the molecule is CCCCCCCCC1CC(=O)NC1=O. The Hall–Kier alpha value is -0.860. The van der Waals surface area contributed by atoms with Crippen LogP contribution in [0.25, 0.3) is 0 Å². The molecule has 1 aliphatic heterocycles. The lowest BCUT2D eigenvalue weighted by atomic mass is 9.99. The van der Waals surface area contributed by atoms with Crippen molar-refractivity contribution in [3.8, 4) is 0 Å². The molecule has 86 valence electrons. The van der Waals surface area contributed by atoms with Gasteiger partial charge in [0.1, 0.15) is 0 Å². The smallest absolute Gasteiger partial charge is 0.230 e. The molecule has 1 heterocycles. The van der Waals surface area contributed by atoms with Crippen molar-refractivity contribution in [1.29, 1.82) is 0 Å². The summed E-state index contributed by atoms with van der Waals surface area (Å²) in [5.74, 6) is -0.201. The molecular formula is C12H21NO2. The molecule has 1 N–H and O–H groups in total. The van der Waals surface area contributed by atoms with Gasteiger partial charge >= 0.3 is 0 Å². The van der Waals surface area contributed by atoms with Gasteiger partial charge in [0.05, 0.1) is 0 Å². The molecule has 3 heteroatoms. The van der Waals surface area contributed by atoms with Crippen molar-refractivity contribution < 1.29 is 9.59 Å². The molecule has 2 amide bonds. The largest absolute Gasteiger partial charge is 0.296 e. The highest BCUT2D eigenvalue weighted by atomic mass is 16.2. The number of carbonyl (C=O) groups excluding carboxylic acids is 2. The van der Waals surface area contributed by atoms with Crippen molar-refractivity contribution in [2.75, 3.05) is 0 Å². The highest BCUT2D eigenvalue weighted by Gasteiger charge is 2.29. The first-order valence-electron chi connectivity index (χ1n) is 6.07. The van der Waals surface area contributed by atoms with E-state index in [0.717, 1.165) is 12.8 Å². The van der Waals surface area contributed by atoms with Gasteiger partial charge < -0.3 is 0 Å². The molecule has 1 fully saturated rings. The summed E-state index contributed by atoms with van der Waals surface area (Å²) in [5.41, 5.74) is 0. The fraction of sp³-hybridized carbons (Fsp3) is 0.833. The van der Waals surface area contributed by atoms with E-state index in [0.29, 0.717) is 6.42 Å². The minimum absolute atomic E-state index is 0.0383. The molecule has 15 heavy (non-hydrogen) atoms. The number of rotatable bonds is 7. The molecule has 3 nitrogen and oxygen atoms in total. The molecule has 0 radical (unpaired) electrons. The quantitative estimate of drug-likeness (QED) is 0.519. The van der Waals surface area contributed by atoms with Crippen molar-refractivity contribution in [3.63, 3.8) is 0 Å². The van der Waals surface area contributed by atoms with E-state index < -0.39 is 0 Å². The van der Waals surface area contributed by atoms with Crippen LogP contribution in [0, 0.1) is 5.92 Å². The molecular weight excluding hydrogens is 190 g/mol. The predicted octanol–water partition coefficient (Wildman–Crippen LogP) is 2.40. The molecule has 0 saturated carbocycles.